The minimum absolute atomic E-state index is 0.138. The van der Waals surface area contributed by atoms with E-state index in [2.05, 4.69) is 28.5 Å². The average molecular weight is 291 g/mol. The zero-order valence-corrected chi connectivity index (χ0v) is 12.4. The maximum Gasteiger partial charge on any atom is 0.206 e. The van der Waals surface area contributed by atoms with Crippen molar-refractivity contribution >= 4 is 16.5 Å². The van der Waals surface area contributed by atoms with Crippen molar-refractivity contribution in [3.63, 3.8) is 0 Å². The molecular weight excluding hydrogens is 274 g/mol. The predicted octanol–water partition coefficient (Wildman–Crippen LogP) is 3.18. The molecule has 0 aliphatic carbocycles. The van der Waals surface area contributed by atoms with Gasteiger partial charge in [0.15, 0.2) is 11.5 Å². The first kappa shape index (κ1) is 13.2. The third-order valence-corrected chi connectivity index (χ3v) is 3.91. The predicted molar refractivity (Wildman–Crippen MR) is 78.7 cm³/mol. The summed E-state index contributed by atoms with van der Waals surface area (Å²) in [6.07, 6.45) is 0.919. The normalized spacial score (nSPS) is 15.5. The highest BCUT2D eigenvalue weighted by Gasteiger charge is 2.14. The highest BCUT2D eigenvalue weighted by atomic mass is 32.1. The monoisotopic (exact) mass is 291 g/mol. The zero-order valence-electron chi connectivity index (χ0n) is 11.5. The number of ether oxygens (including phenoxy) is 2. The third-order valence-electron chi connectivity index (χ3n) is 3.14. The van der Waals surface area contributed by atoms with Gasteiger partial charge in [-0.15, -0.1) is 10.2 Å². The van der Waals surface area contributed by atoms with Gasteiger partial charge in [-0.25, -0.2) is 0 Å². The van der Waals surface area contributed by atoms with E-state index in [0.29, 0.717) is 13.2 Å². The van der Waals surface area contributed by atoms with Crippen LogP contribution in [-0.2, 0) is 0 Å². The summed E-state index contributed by atoms with van der Waals surface area (Å²) in [5.41, 5.74) is 1.14. The molecule has 1 atom stereocenters. The Bertz CT molecular complexity index is 600. The van der Waals surface area contributed by atoms with Crippen LogP contribution in [0.1, 0.15) is 30.0 Å². The van der Waals surface area contributed by atoms with Crippen molar-refractivity contribution in [1.82, 2.24) is 10.2 Å². The number of fused-ring (bicyclic) bond motifs is 1. The average Bonchev–Trinajstić information content (AvgIpc) is 2.72. The first-order valence-corrected chi connectivity index (χ1v) is 7.50. The number of nitrogens with zero attached hydrogens (tertiary/aromatic N) is 2. The van der Waals surface area contributed by atoms with Gasteiger partial charge < -0.3 is 14.8 Å². The lowest BCUT2D eigenvalue weighted by atomic mass is 10.1. The van der Waals surface area contributed by atoms with Gasteiger partial charge in [-0.1, -0.05) is 17.4 Å². The van der Waals surface area contributed by atoms with Crippen LogP contribution in [0, 0.1) is 6.92 Å². The van der Waals surface area contributed by atoms with Crippen molar-refractivity contribution in [2.45, 2.75) is 26.3 Å². The van der Waals surface area contributed by atoms with Gasteiger partial charge in [-0.2, -0.15) is 0 Å². The lowest BCUT2D eigenvalue weighted by Gasteiger charge is -2.15. The Kier molecular flexibility index (Phi) is 3.73. The minimum Gasteiger partial charge on any atom is -0.490 e. The van der Waals surface area contributed by atoms with Crippen LogP contribution in [0.4, 0.5) is 5.13 Å². The molecule has 0 amide bonds. The van der Waals surface area contributed by atoms with Crippen LogP contribution < -0.4 is 14.8 Å². The number of hydrogen-bond acceptors (Lipinski definition) is 6. The number of rotatable bonds is 3. The lowest BCUT2D eigenvalue weighted by Crippen LogP contribution is -2.06. The van der Waals surface area contributed by atoms with E-state index in [1.165, 1.54) is 0 Å². The van der Waals surface area contributed by atoms with Gasteiger partial charge in [0.1, 0.15) is 5.01 Å². The van der Waals surface area contributed by atoms with Crippen molar-refractivity contribution in [3.8, 4) is 11.5 Å². The fraction of sp³-hybridized carbons (Fsp3) is 0.429. The second-order valence-corrected chi connectivity index (χ2v) is 5.93. The van der Waals surface area contributed by atoms with Crippen LogP contribution in [0.5, 0.6) is 11.5 Å². The van der Waals surface area contributed by atoms with Crippen molar-refractivity contribution in [2.75, 3.05) is 18.5 Å². The molecule has 1 aromatic heterocycles. The number of anilines is 1. The Balaban J connectivity index is 1.77. The van der Waals surface area contributed by atoms with E-state index in [-0.39, 0.29) is 6.04 Å². The first-order chi connectivity index (χ1) is 9.72. The Labute approximate surface area is 121 Å². The third kappa shape index (κ3) is 2.85. The van der Waals surface area contributed by atoms with E-state index in [0.717, 1.165) is 33.6 Å². The van der Waals surface area contributed by atoms with Crippen LogP contribution in [-0.4, -0.2) is 23.4 Å². The Morgan fingerprint density at radius 1 is 1.20 bits per heavy atom. The Morgan fingerprint density at radius 2 is 2.00 bits per heavy atom. The van der Waals surface area contributed by atoms with Crippen molar-refractivity contribution in [2.24, 2.45) is 0 Å². The van der Waals surface area contributed by atoms with Gasteiger partial charge >= 0.3 is 0 Å². The molecule has 6 heteroatoms. The molecular formula is C14H17N3O2S. The summed E-state index contributed by atoms with van der Waals surface area (Å²) < 4.78 is 11.4. The summed E-state index contributed by atoms with van der Waals surface area (Å²) >= 11 is 1.55. The van der Waals surface area contributed by atoms with E-state index < -0.39 is 0 Å². The van der Waals surface area contributed by atoms with E-state index in [1.807, 2.05) is 19.1 Å². The number of nitrogens with one attached hydrogen (secondary N) is 1. The number of aromatic nitrogens is 2. The quantitative estimate of drug-likeness (QED) is 0.941. The van der Waals surface area contributed by atoms with Crippen LogP contribution in [0.25, 0.3) is 0 Å². The topological polar surface area (TPSA) is 56.3 Å². The smallest absolute Gasteiger partial charge is 0.206 e. The second kappa shape index (κ2) is 5.66. The molecule has 20 heavy (non-hydrogen) atoms. The molecule has 2 aromatic rings. The van der Waals surface area contributed by atoms with Gasteiger partial charge in [0.25, 0.3) is 0 Å². The molecule has 1 unspecified atom stereocenters. The highest BCUT2D eigenvalue weighted by molar-refractivity contribution is 7.15. The largest absolute Gasteiger partial charge is 0.490 e. The Morgan fingerprint density at radius 3 is 2.75 bits per heavy atom. The molecule has 2 heterocycles. The molecule has 3 rings (SSSR count). The van der Waals surface area contributed by atoms with E-state index >= 15 is 0 Å². The summed E-state index contributed by atoms with van der Waals surface area (Å²) in [6.45, 7) is 5.45. The first-order valence-electron chi connectivity index (χ1n) is 6.68. The minimum atomic E-state index is 0.138. The Hall–Kier alpha value is -1.82. The lowest BCUT2D eigenvalue weighted by molar-refractivity contribution is 0.297. The van der Waals surface area contributed by atoms with Crippen molar-refractivity contribution < 1.29 is 9.47 Å². The summed E-state index contributed by atoms with van der Waals surface area (Å²) in [4.78, 5) is 0. The maximum absolute atomic E-state index is 5.72. The molecule has 106 valence electrons. The molecule has 1 aliphatic heterocycles. The molecule has 1 aliphatic rings. The number of hydrogen-bond donors (Lipinski definition) is 1. The fourth-order valence-corrected chi connectivity index (χ4v) is 2.75. The SMILES string of the molecule is Cc1nnc(NC(C)c2ccc3c(c2)OCCCO3)s1. The van der Waals surface area contributed by atoms with Crippen molar-refractivity contribution in [1.29, 1.82) is 0 Å². The van der Waals surface area contributed by atoms with E-state index in [9.17, 15) is 0 Å². The summed E-state index contributed by atoms with van der Waals surface area (Å²) in [5, 5.41) is 13.2. The molecule has 1 N–H and O–H groups in total. The van der Waals surface area contributed by atoms with Gasteiger partial charge in [0, 0.05) is 6.42 Å². The number of benzene rings is 1. The molecule has 0 bridgehead atoms. The van der Waals surface area contributed by atoms with Gasteiger partial charge in [-0.05, 0) is 31.5 Å². The van der Waals surface area contributed by atoms with E-state index in [1.54, 1.807) is 11.3 Å². The highest BCUT2D eigenvalue weighted by Crippen LogP contribution is 2.33. The van der Waals surface area contributed by atoms with Crippen LogP contribution >= 0.6 is 11.3 Å². The maximum atomic E-state index is 5.72. The molecule has 0 saturated heterocycles. The van der Waals surface area contributed by atoms with Crippen LogP contribution in [0.2, 0.25) is 0 Å². The van der Waals surface area contributed by atoms with Gasteiger partial charge in [0.2, 0.25) is 5.13 Å². The molecule has 0 fully saturated rings. The fourth-order valence-electron chi connectivity index (χ4n) is 2.07. The summed E-state index contributed by atoms with van der Waals surface area (Å²) in [6, 6.07) is 6.20. The van der Waals surface area contributed by atoms with E-state index in [4.69, 9.17) is 9.47 Å². The standard InChI is InChI=1S/C14H17N3O2S/c1-9(15-14-17-16-10(2)20-14)11-4-5-12-13(8-11)19-7-3-6-18-12/h4-5,8-9H,3,6-7H2,1-2H3,(H,15,17). The van der Waals surface area contributed by atoms with Gasteiger partial charge in [0.05, 0.1) is 19.3 Å². The molecule has 0 saturated carbocycles. The van der Waals surface area contributed by atoms with Crippen molar-refractivity contribution in [3.05, 3.63) is 28.8 Å². The van der Waals surface area contributed by atoms with Crippen LogP contribution in [0.3, 0.4) is 0 Å². The zero-order chi connectivity index (χ0) is 13.9. The summed E-state index contributed by atoms with van der Waals surface area (Å²) in [5.74, 6) is 1.65. The molecule has 0 radical (unpaired) electrons. The molecule has 5 nitrogen and oxygen atoms in total. The summed E-state index contributed by atoms with van der Waals surface area (Å²) in [7, 11) is 0. The second-order valence-electron chi connectivity index (χ2n) is 4.75. The molecule has 1 aromatic carbocycles. The van der Waals surface area contributed by atoms with Gasteiger partial charge in [-0.3, -0.25) is 0 Å². The number of aryl methyl sites for hydroxylation is 1. The van der Waals surface area contributed by atoms with Crippen LogP contribution in [0.15, 0.2) is 18.2 Å². The molecule has 0 spiro atoms.